The zero-order valence-corrected chi connectivity index (χ0v) is 14.8. The maximum absolute atomic E-state index is 13.3. The maximum atomic E-state index is 13.3. The van der Waals surface area contributed by atoms with E-state index in [0.717, 1.165) is 11.3 Å². The molecule has 2 aromatic carbocycles. The van der Waals surface area contributed by atoms with Crippen LogP contribution in [0, 0.1) is 5.82 Å². The number of likely N-dealkylation sites (N-methyl/N-ethyl adjacent to an activating group) is 1. The lowest BCUT2D eigenvalue weighted by molar-refractivity contribution is -0.120. The number of anilines is 1. The number of aryl methyl sites for hydroxylation is 1. The first-order valence-electron chi connectivity index (χ1n) is 8.33. The minimum atomic E-state index is -0.452. The van der Waals surface area contributed by atoms with E-state index in [2.05, 4.69) is 10.3 Å². The third-order valence-corrected chi connectivity index (χ3v) is 4.20. The Morgan fingerprint density at radius 1 is 1.19 bits per heavy atom. The monoisotopic (exact) mass is 352 g/mol. The van der Waals surface area contributed by atoms with Crippen molar-refractivity contribution in [2.24, 2.45) is 7.05 Å². The van der Waals surface area contributed by atoms with Crippen molar-refractivity contribution >= 4 is 11.6 Å². The summed E-state index contributed by atoms with van der Waals surface area (Å²) in [5.41, 5.74) is 1.73. The Balaban J connectivity index is 1.78. The molecule has 0 aliphatic heterocycles. The first-order chi connectivity index (χ1) is 12.5. The van der Waals surface area contributed by atoms with Crippen molar-refractivity contribution in [1.29, 1.82) is 0 Å². The normalized spacial score (nSPS) is 11.8. The third kappa shape index (κ3) is 4.08. The van der Waals surface area contributed by atoms with E-state index in [1.807, 2.05) is 60.1 Å². The number of nitrogens with zero attached hydrogens (tertiary/aromatic N) is 3. The topological polar surface area (TPSA) is 50.2 Å². The third-order valence-electron chi connectivity index (χ3n) is 4.20. The number of carbonyl (C=O) groups is 1. The van der Waals surface area contributed by atoms with E-state index in [1.165, 1.54) is 12.1 Å². The van der Waals surface area contributed by atoms with E-state index in [1.54, 1.807) is 18.3 Å². The van der Waals surface area contributed by atoms with Crippen LogP contribution in [-0.2, 0) is 11.8 Å². The van der Waals surface area contributed by atoms with Gasteiger partial charge in [0.1, 0.15) is 17.7 Å². The summed E-state index contributed by atoms with van der Waals surface area (Å²) >= 11 is 0. The first kappa shape index (κ1) is 17.7. The second-order valence-corrected chi connectivity index (χ2v) is 6.14. The van der Waals surface area contributed by atoms with Gasteiger partial charge >= 0.3 is 0 Å². The number of rotatable bonds is 6. The molecule has 0 aliphatic carbocycles. The van der Waals surface area contributed by atoms with Crippen LogP contribution in [-0.4, -0.2) is 29.1 Å². The molecule has 26 heavy (non-hydrogen) atoms. The van der Waals surface area contributed by atoms with Crippen LogP contribution < -0.4 is 10.2 Å². The Labute approximate surface area is 152 Å². The average molecular weight is 352 g/mol. The lowest BCUT2D eigenvalue weighted by Gasteiger charge is -2.23. The molecular formula is C20H21FN4O. The van der Waals surface area contributed by atoms with Crippen molar-refractivity contribution in [3.8, 4) is 0 Å². The van der Waals surface area contributed by atoms with Crippen LogP contribution >= 0.6 is 0 Å². The van der Waals surface area contributed by atoms with Crippen LogP contribution in [0.5, 0.6) is 0 Å². The van der Waals surface area contributed by atoms with Gasteiger partial charge in [0.15, 0.2) is 0 Å². The van der Waals surface area contributed by atoms with Gasteiger partial charge in [0, 0.05) is 32.2 Å². The van der Waals surface area contributed by atoms with E-state index in [4.69, 9.17) is 0 Å². The van der Waals surface area contributed by atoms with Gasteiger partial charge in [0.05, 0.1) is 6.54 Å². The van der Waals surface area contributed by atoms with E-state index < -0.39 is 6.04 Å². The molecule has 0 saturated heterocycles. The molecule has 0 fully saturated rings. The lowest BCUT2D eigenvalue weighted by atomic mass is 10.1. The predicted molar refractivity (Wildman–Crippen MR) is 99.3 cm³/mol. The van der Waals surface area contributed by atoms with E-state index in [-0.39, 0.29) is 18.3 Å². The molecule has 0 aliphatic rings. The highest BCUT2D eigenvalue weighted by molar-refractivity contribution is 5.82. The molecule has 1 heterocycles. The van der Waals surface area contributed by atoms with Gasteiger partial charge in [-0.15, -0.1) is 0 Å². The maximum Gasteiger partial charge on any atom is 0.240 e. The Bertz CT molecular complexity index is 861. The molecule has 1 N–H and O–H groups in total. The fourth-order valence-electron chi connectivity index (χ4n) is 2.80. The summed E-state index contributed by atoms with van der Waals surface area (Å²) in [5, 5.41) is 3.01. The number of para-hydroxylation sites is 1. The Hall–Kier alpha value is -3.15. The number of benzene rings is 2. The van der Waals surface area contributed by atoms with Crippen molar-refractivity contribution < 1.29 is 9.18 Å². The summed E-state index contributed by atoms with van der Waals surface area (Å²) in [6.07, 6.45) is 3.49. The average Bonchev–Trinajstić information content (AvgIpc) is 3.07. The van der Waals surface area contributed by atoms with Gasteiger partial charge in [-0.3, -0.25) is 4.79 Å². The molecule has 0 spiro atoms. The first-order valence-corrected chi connectivity index (χ1v) is 8.33. The SMILES string of the molecule is CN(CC(=O)N[C@@H](c1ccc(F)cc1)c1nccn1C)c1ccccc1. The molecule has 1 amide bonds. The van der Waals surface area contributed by atoms with Gasteiger partial charge in [0.25, 0.3) is 0 Å². The molecule has 0 saturated carbocycles. The van der Waals surface area contributed by atoms with Gasteiger partial charge < -0.3 is 14.8 Å². The van der Waals surface area contributed by atoms with Crippen molar-refractivity contribution in [1.82, 2.24) is 14.9 Å². The highest BCUT2D eigenvalue weighted by Gasteiger charge is 2.21. The minimum Gasteiger partial charge on any atom is -0.365 e. The fraction of sp³-hybridized carbons (Fsp3) is 0.200. The lowest BCUT2D eigenvalue weighted by Crippen LogP contribution is -2.38. The molecule has 3 rings (SSSR count). The van der Waals surface area contributed by atoms with Crippen LogP contribution in [0.3, 0.4) is 0 Å². The second-order valence-electron chi connectivity index (χ2n) is 6.14. The van der Waals surface area contributed by atoms with E-state index >= 15 is 0 Å². The van der Waals surface area contributed by atoms with Gasteiger partial charge in [-0.2, -0.15) is 0 Å². The zero-order valence-electron chi connectivity index (χ0n) is 14.8. The number of halogens is 1. The summed E-state index contributed by atoms with van der Waals surface area (Å²) in [6, 6.07) is 15.3. The number of aromatic nitrogens is 2. The number of carbonyl (C=O) groups excluding carboxylic acids is 1. The number of hydrogen-bond donors (Lipinski definition) is 1. The smallest absolute Gasteiger partial charge is 0.240 e. The van der Waals surface area contributed by atoms with Crippen LogP contribution in [0.25, 0.3) is 0 Å². The van der Waals surface area contributed by atoms with Gasteiger partial charge in [0.2, 0.25) is 5.91 Å². The Morgan fingerprint density at radius 2 is 1.88 bits per heavy atom. The van der Waals surface area contributed by atoms with E-state index in [0.29, 0.717) is 5.82 Å². The Kier molecular flexibility index (Phi) is 5.31. The van der Waals surface area contributed by atoms with Crippen molar-refractivity contribution in [2.45, 2.75) is 6.04 Å². The summed E-state index contributed by atoms with van der Waals surface area (Å²) in [5.74, 6) is 0.225. The molecule has 6 heteroatoms. The Morgan fingerprint density at radius 3 is 2.50 bits per heavy atom. The van der Waals surface area contributed by atoms with Crippen LogP contribution in [0.4, 0.5) is 10.1 Å². The van der Waals surface area contributed by atoms with Crippen LogP contribution in [0.2, 0.25) is 0 Å². The van der Waals surface area contributed by atoms with Crippen molar-refractivity contribution in [2.75, 3.05) is 18.5 Å². The quantitative estimate of drug-likeness (QED) is 0.742. The van der Waals surface area contributed by atoms with Gasteiger partial charge in [-0.05, 0) is 29.8 Å². The molecule has 0 unspecified atom stereocenters. The summed E-state index contributed by atoms with van der Waals surface area (Å²) in [6.45, 7) is 0.201. The van der Waals surface area contributed by atoms with E-state index in [9.17, 15) is 9.18 Å². The van der Waals surface area contributed by atoms with Crippen molar-refractivity contribution in [3.63, 3.8) is 0 Å². The number of nitrogens with one attached hydrogen (secondary N) is 1. The molecule has 1 aromatic heterocycles. The largest absolute Gasteiger partial charge is 0.365 e. The van der Waals surface area contributed by atoms with Crippen LogP contribution in [0.1, 0.15) is 17.4 Å². The molecule has 5 nitrogen and oxygen atoms in total. The molecule has 3 aromatic rings. The fourth-order valence-corrected chi connectivity index (χ4v) is 2.80. The summed E-state index contributed by atoms with van der Waals surface area (Å²) in [7, 11) is 3.73. The minimum absolute atomic E-state index is 0.145. The van der Waals surface area contributed by atoms with Crippen molar-refractivity contribution in [3.05, 3.63) is 84.2 Å². The number of imidazole rings is 1. The number of hydrogen-bond acceptors (Lipinski definition) is 3. The molecule has 1 atom stereocenters. The predicted octanol–water partition coefficient (Wildman–Crippen LogP) is 2.90. The molecular weight excluding hydrogens is 331 g/mol. The molecule has 134 valence electrons. The molecule has 0 bridgehead atoms. The second kappa shape index (κ2) is 7.82. The van der Waals surface area contributed by atoms with Crippen LogP contribution in [0.15, 0.2) is 67.0 Å². The number of amides is 1. The highest BCUT2D eigenvalue weighted by Crippen LogP contribution is 2.21. The summed E-state index contributed by atoms with van der Waals surface area (Å²) in [4.78, 5) is 18.8. The van der Waals surface area contributed by atoms with Gasteiger partial charge in [-0.1, -0.05) is 30.3 Å². The van der Waals surface area contributed by atoms with Gasteiger partial charge in [-0.25, -0.2) is 9.37 Å². The zero-order chi connectivity index (χ0) is 18.5. The summed E-state index contributed by atoms with van der Waals surface area (Å²) < 4.78 is 15.1. The molecule has 0 radical (unpaired) electrons. The highest BCUT2D eigenvalue weighted by atomic mass is 19.1. The standard InChI is InChI=1S/C20H21FN4O/c1-24-13-12-22-20(24)19(15-8-10-16(21)11-9-15)23-18(26)14-25(2)17-6-4-3-5-7-17/h3-13,19H,14H2,1-2H3,(H,23,26)/t19-/m0/s1.